The number of halogens is 1. The van der Waals surface area contributed by atoms with E-state index in [0.29, 0.717) is 35.9 Å². The molecule has 1 saturated carbocycles. The Morgan fingerprint density at radius 2 is 1.85 bits per heavy atom. The second-order valence-corrected chi connectivity index (χ2v) is 9.67. The van der Waals surface area contributed by atoms with Gasteiger partial charge in [0.25, 0.3) is 0 Å². The number of thioether (sulfide) groups is 1. The fraction of sp³-hybridized carbons (Fsp3) is 0.360. The van der Waals surface area contributed by atoms with E-state index < -0.39 is 10.8 Å². The van der Waals surface area contributed by atoms with Gasteiger partial charge in [0.2, 0.25) is 5.91 Å². The Kier molecular flexibility index (Phi) is 7.09. The second kappa shape index (κ2) is 10.2. The van der Waals surface area contributed by atoms with E-state index in [-0.39, 0.29) is 11.7 Å². The van der Waals surface area contributed by atoms with Crippen molar-refractivity contribution in [3.8, 4) is 17.5 Å². The number of hydrogen-bond donors (Lipinski definition) is 1. The van der Waals surface area contributed by atoms with E-state index in [9.17, 15) is 14.4 Å². The number of amides is 1. The summed E-state index contributed by atoms with van der Waals surface area (Å²) >= 11 is 1.26. The smallest absolute Gasteiger partial charge is 0.234 e. The topological polar surface area (TPSA) is 83.6 Å². The fourth-order valence-corrected chi connectivity index (χ4v) is 4.94. The number of carbonyl (C=O) groups is 1. The van der Waals surface area contributed by atoms with Crippen LogP contribution in [-0.4, -0.2) is 31.5 Å². The lowest BCUT2D eigenvalue weighted by Gasteiger charge is -2.32. The molecular weight excluding hydrogens is 437 g/mol. The highest BCUT2D eigenvalue weighted by atomic mass is 32.2. The molecule has 0 aliphatic heterocycles. The molecule has 33 heavy (non-hydrogen) atoms. The summed E-state index contributed by atoms with van der Waals surface area (Å²) in [5.74, 6) is -0.173. The highest BCUT2D eigenvalue weighted by molar-refractivity contribution is 8.00. The van der Waals surface area contributed by atoms with E-state index in [2.05, 4.69) is 21.6 Å². The summed E-state index contributed by atoms with van der Waals surface area (Å²) in [6.07, 6.45) is 4.31. The number of carbonyl (C=O) groups excluding carboxylic acids is 1. The van der Waals surface area contributed by atoms with Crippen LogP contribution in [-0.2, 0) is 11.3 Å². The van der Waals surface area contributed by atoms with Crippen molar-refractivity contribution in [1.82, 2.24) is 20.1 Å². The molecule has 1 aliphatic carbocycles. The van der Waals surface area contributed by atoms with Gasteiger partial charge in [-0.15, -0.1) is 10.2 Å². The SMILES string of the molecule is C[C@@H](Sc1nnc(-c2ccccc2F)n1Cc1ccccc1)C(=O)NC1(C#N)CCCCC1. The van der Waals surface area contributed by atoms with Crippen LogP contribution < -0.4 is 5.32 Å². The van der Waals surface area contributed by atoms with Gasteiger partial charge in [0.1, 0.15) is 11.4 Å². The quantitative estimate of drug-likeness (QED) is 0.501. The molecule has 1 heterocycles. The molecule has 1 N–H and O–H groups in total. The summed E-state index contributed by atoms with van der Waals surface area (Å²) in [5, 5.41) is 21.3. The van der Waals surface area contributed by atoms with Crippen molar-refractivity contribution in [3.63, 3.8) is 0 Å². The largest absolute Gasteiger partial charge is 0.337 e. The maximum Gasteiger partial charge on any atom is 0.234 e. The normalized spacial score (nSPS) is 16.0. The summed E-state index contributed by atoms with van der Waals surface area (Å²) in [7, 11) is 0. The van der Waals surface area contributed by atoms with Crippen LogP contribution in [0, 0.1) is 17.1 Å². The molecule has 0 radical (unpaired) electrons. The molecule has 170 valence electrons. The Bertz CT molecular complexity index is 1150. The lowest BCUT2D eigenvalue weighted by Crippen LogP contribution is -2.51. The number of nitriles is 1. The van der Waals surface area contributed by atoms with Crippen molar-refractivity contribution in [3.05, 3.63) is 66.0 Å². The molecular formula is C25H26FN5OS. The molecule has 1 fully saturated rings. The van der Waals surface area contributed by atoms with Crippen molar-refractivity contribution in [2.24, 2.45) is 0 Å². The Morgan fingerprint density at radius 3 is 2.55 bits per heavy atom. The molecule has 1 amide bonds. The van der Waals surface area contributed by atoms with Gasteiger partial charge in [0, 0.05) is 0 Å². The summed E-state index contributed by atoms with van der Waals surface area (Å²) in [6, 6.07) is 18.6. The third-order valence-corrected chi connectivity index (χ3v) is 7.03. The van der Waals surface area contributed by atoms with Gasteiger partial charge in [0.15, 0.2) is 11.0 Å². The molecule has 6 nitrogen and oxygen atoms in total. The minimum Gasteiger partial charge on any atom is -0.337 e. The van der Waals surface area contributed by atoms with Gasteiger partial charge < -0.3 is 5.32 Å². The first kappa shape index (κ1) is 23.0. The van der Waals surface area contributed by atoms with E-state index in [1.54, 1.807) is 25.1 Å². The highest BCUT2D eigenvalue weighted by Gasteiger charge is 2.35. The summed E-state index contributed by atoms with van der Waals surface area (Å²) in [4.78, 5) is 13.0. The Labute approximate surface area is 197 Å². The molecule has 1 aliphatic rings. The number of nitrogens with zero attached hydrogens (tertiary/aromatic N) is 4. The molecule has 1 aromatic heterocycles. The lowest BCUT2D eigenvalue weighted by molar-refractivity contribution is -0.121. The van der Waals surface area contributed by atoms with Crippen molar-refractivity contribution in [2.45, 2.75) is 61.5 Å². The molecule has 3 aromatic rings. The predicted octanol–water partition coefficient (Wildman–Crippen LogP) is 4.96. The van der Waals surface area contributed by atoms with E-state index in [0.717, 1.165) is 24.8 Å². The molecule has 8 heteroatoms. The van der Waals surface area contributed by atoms with Crippen LogP contribution in [0.2, 0.25) is 0 Å². The predicted molar refractivity (Wildman–Crippen MR) is 126 cm³/mol. The fourth-order valence-electron chi connectivity index (χ4n) is 4.10. The van der Waals surface area contributed by atoms with E-state index in [4.69, 9.17) is 0 Å². The van der Waals surface area contributed by atoms with Crippen LogP contribution in [0.1, 0.15) is 44.6 Å². The number of nitrogens with one attached hydrogen (secondary N) is 1. The average molecular weight is 464 g/mol. The molecule has 0 saturated heterocycles. The lowest BCUT2D eigenvalue weighted by atomic mass is 9.83. The zero-order chi connectivity index (χ0) is 23.3. The monoisotopic (exact) mass is 463 g/mol. The Balaban J connectivity index is 1.60. The molecule has 0 spiro atoms. The van der Waals surface area contributed by atoms with E-state index in [1.165, 1.54) is 17.8 Å². The minimum atomic E-state index is -0.791. The van der Waals surface area contributed by atoms with Crippen LogP contribution in [0.4, 0.5) is 4.39 Å². The van der Waals surface area contributed by atoms with Crippen LogP contribution in [0.3, 0.4) is 0 Å². The molecule has 1 atom stereocenters. The van der Waals surface area contributed by atoms with Crippen molar-refractivity contribution in [2.75, 3.05) is 0 Å². The van der Waals surface area contributed by atoms with Gasteiger partial charge in [-0.3, -0.25) is 9.36 Å². The average Bonchev–Trinajstić information content (AvgIpc) is 3.22. The van der Waals surface area contributed by atoms with E-state index in [1.807, 2.05) is 34.9 Å². The standard InChI is InChI=1S/C25H26FN5OS/c1-18(23(32)28-25(17-27)14-8-3-9-15-25)33-24-30-29-22(20-12-6-7-13-21(20)26)31(24)16-19-10-4-2-5-11-19/h2,4-7,10-13,18H,3,8-9,14-16H2,1H3,(H,28,32)/t18-/m1/s1. The van der Waals surface area contributed by atoms with Crippen molar-refractivity contribution >= 4 is 17.7 Å². The highest BCUT2D eigenvalue weighted by Crippen LogP contribution is 2.31. The molecule has 4 rings (SSSR count). The summed E-state index contributed by atoms with van der Waals surface area (Å²) < 4.78 is 16.4. The number of hydrogen-bond acceptors (Lipinski definition) is 5. The van der Waals surface area contributed by atoms with Gasteiger partial charge in [0.05, 0.1) is 23.4 Å². The van der Waals surface area contributed by atoms with Crippen LogP contribution in [0.25, 0.3) is 11.4 Å². The van der Waals surface area contributed by atoms with Gasteiger partial charge in [-0.1, -0.05) is 73.5 Å². The zero-order valence-electron chi connectivity index (χ0n) is 18.5. The first-order chi connectivity index (χ1) is 16.0. The van der Waals surface area contributed by atoms with Gasteiger partial charge in [-0.25, -0.2) is 4.39 Å². The second-order valence-electron chi connectivity index (χ2n) is 8.36. The van der Waals surface area contributed by atoms with Gasteiger partial charge >= 0.3 is 0 Å². The third kappa shape index (κ3) is 5.25. The van der Waals surface area contributed by atoms with Crippen LogP contribution in [0.15, 0.2) is 59.8 Å². The minimum absolute atomic E-state index is 0.204. The van der Waals surface area contributed by atoms with E-state index >= 15 is 0 Å². The van der Waals surface area contributed by atoms with Crippen LogP contribution in [0.5, 0.6) is 0 Å². The summed E-state index contributed by atoms with van der Waals surface area (Å²) in [5.41, 5.74) is 0.579. The summed E-state index contributed by atoms with van der Waals surface area (Å²) in [6.45, 7) is 2.23. The third-order valence-electron chi connectivity index (χ3n) is 5.95. The first-order valence-electron chi connectivity index (χ1n) is 11.1. The van der Waals surface area contributed by atoms with Crippen molar-refractivity contribution < 1.29 is 9.18 Å². The first-order valence-corrected chi connectivity index (χ1v) is 12.0. The van der Waals surface area contributed by atoms with Gasteiger partial charge in [-0.05, 0) is 37.5 Å². The number of aromatic nitrogens is 3. The molecule has 0 bridgehead atoms. The maximum atomic E-state index is 14.6. The van der Waals surface area contributed by atoms with Gasteiger partial charge in [-0.2, -0.15) is 5.26 Å². The Morgan fingerprint density at radius 1 is 1.15 bits per heavy atom. The molecule has 0 unspecified atom stereocenters. The zero-order valence-corrected chi connectivity index (χ0v) is 19.3. The number of benzene rings is 2. The number of rotatable bonds is 7. The maximum absolute atomic E-state index is 14.6. The van der Waals surface area contributed by atoms with Crippen LogP contribution >= 0.6 is 11.8 Å². The van der Waals surface area contributed by atoms with Crippen molar-refractivity contribution in [1.29, 1.82) is 5.26 Å². The Hall–Kier alpha value is -3.18. The molecule has 2 aromatic carbocycles.